The molecule has 0 spiro atoms. The lowest BCUT2D eigenvalue weighted by molar-refractivity contribution is -0.165. The van der Waals surface area contributed by atoms with Gasteiger partial charge in [0.1, 0.15) is 10.6 Å². The quantitative estimate of drug-likeness (QED) is 0.595. The summed E-state index contributed by atoms with van der Waals surface area (Å²) in [4.78, 5) is 23.1. The molecule has 0 saturated carbocycles. The van der Waals surface area contributed by atoms with E-state index in [1.54, 1.807) is 36.6 Å². The molecular formula is C17H14F3NO3S. The minimum absolute atomic E-state index is 0.157. The molecule has 0 bridgehead atoms. The van der Waals surface area contributed by atoms with Crippen molar-refractivity contribution < 1.29 is 27.5 Å². The first-order chi connectivity index (χ1) is 11.8. The van der Waals surface area contributed by atoms with Crippen LogP contribution in [0.4, 0.5) is 18.2 Å². The third-order valence-corrected chi connectivity index (χ3v) is 4.00. The molecule has 0 saturated heterocycles. The van der Waals surface area contributed by atoms with Gasteiger partial charge < -0.3 is 10.1 Å². The largest absolute Gasteiger partial charge is 0.462 e. The third kappa shape index (κ3) is 4.69. The number of hydrogen-bond donors (Lipinski definition) is 1. The van der Waals surface area contributed by atoms with Crippen molar-refractivity contribution in [1.82, 2.24) is 0 Å². The Balaban J connectivity index is 2.32. The zero-order chi connectivity index (χ0) is 18.4. The first-order valence-electron chi connectivity index (χ1n) is 7.22. The Morgan fingerprint density at radius 3 is 2.52 bits per heavy atom. The molecule has 0 atom stereocenters. The Kier molecular flexibility index (Phi) is 5.97. The second kappa shape index (κ2) is 7.98. The van der Waals surface area contributed by atoms with Crippen LogP contribution in [0.2, 0.25) is 0 Å². The van der Waals surface area contributed by atoms with Gasteiger partial charge in [0.05, 0.1) is 6.61 Å². The zero-order valence-corrected chi connectivity index (χ0v) is 13.9. The summed E-state index contributed by atoms with van der Waals surface area (Å²) in [5.74, 6) is -2.59. The summed E-state index contributed by atoms with van der Waals surface area (Å²) in [7, 11) is 0. The summed E-state index contributed by atoms with van der Waals surface area (Å²) in [6.45, 7) is 1.81. The maximum absolute atomic E-state index is 12.3. The predicted molar refractivity (Wildman–Crippen MR) is 89.5 cm³/mol. The summed E-state index contributed by atoms with van der Waals surface area (Å²) in [5, 5.41) is 4.55. The number of rotatable bonds is 6. The highest BCUT2D eigenvalue weighted by molar-refractivity contribution is 7.15. The maximum Gasteiger partial charge on any atom is 0.454 e. The maximum atomic E-state index is 12.3. The molecule has 1 aromatic heterocycles. The van der Waals surface area contributed by atoms with E-state index >= 15 is 0 Å². The van der Waals surface area contributed by atoms with E-state index in [0.29, 0.717) is 16.6 Å². The van der Waals surface area contributed by atoms with Crippen molar-refractivity contribution in [2.45, 2.75) is 13.1 Å². The monoisotopic (exact) mass is 369 g/mol. The van der Waals surface area contributed by atoms with E-state index in [4.69, 9.17) is 4.74 Å². The van der Waals surface area contributed by atoms with Gasteiger partial charge in [0, 0.05) is 23.2 Å². The molecular weight excluding hydrogens is 355 g/mol. The number of carbonyl (C=O) groups excluding carboxylic acids is 2. The second-order valence-electron chi connectivity index (χ2n) is 4.78. The molecule has 1 aromatic carbocycles. The summed E-state index contributed by atoms with van der Waals surface area (Å²) in [5.41, 5.74) is 1.58. The first kappa shape index (κ1) is 18.7. The SMILES string of the molecule is CCOC(=O)c1c(-c2ccccc2)csc1N/C=C/C(=O)C(F)(F)F. The minimum atomic E-state index is -4.94. The Morgan fingerprint density at radius 2 is 1.92 bits per heavy atom. The van der Waals surface area contributed by atoms with Crippen molar-refractivity contribution in [3.05, 3.63) is 53.6 Å². The van der Waals surface area contributed by atoms with E-state index in [9.17, 15) is 22.8 Å². The van der Waals surface area contributed by atoms with E-state index in [1.165, 1.54) is 0 Å². The van der Waals surface area contributed by atoms with Gasteiger partial charge in [-0.2, -0.15) is 13.2 Å². The third-order valence-electron chi connectivity index (χ3n) is 3.08. The van der Waals surface area contributed by atoms with Crippen LogP contribution in [-0.4, -0.2) is 24.5 Å². The molecule has 0 radical (unpaired) electrons. The molecule has 0 fully saturated rings. The van der Waals surface area contributed by atoms with Crippen molar-refractivity contribution in [3.8, 4) is 11.1 Å². The first-order valence-corrected chi connectivity index (χ1v) is 8.10. The molecule has 0 aliphatic rings. The van der Waals surface area contributed by atoms with Gasteiger partial charge in [-0.25, -0.2) is 4.79 Å². The summed E-state index contributed by atoms with van der Waals surface area (Å²) >= 11 is 1.13. The summed E-state index contributed by atoms with van der Waals surface area (Å²) in [6, 6.07) is 9.04. The smallest absolute Gasteiger partial charge is 0.454 e. The lowest BCUT2D eigenvalue weighted by Gasteiger charge is -2.07. The fraction of sp³-hybridized carbons (Fsp3) is 0.176. The van der Waals surface area contributed by atoms with E-state index in [-0.39, 0.29) is 12.2 Å². The van der Waals surface area contributed by atoms with Crippen LogP contribution < -0.4 is 5.32 Å². The Morgan fingerprint density at radius 1 is 1.24 bits per heavy atom. The Labute approximate surface area is 145 Å². The van der Waals surface area contributed by atoms with Crippen LogP contribution >= 0.6 is 11.3 Å². The van der Waals surface area contributed by atoms with Crippen molar-refractivity contribution in [1.29, 1.82) is 0 Å². The highest BCUT2D eigenvalue weighted by Crippen LogP contribution is 2.36. The van der Waals surface area contributed by atoms with E-state index in [0.717, 1.165) is 23.1 Å². The molecule has 2 aromatic rings. The van der Waals surface area contributed by atoms with Crippen molar-refractivity contribution in [2.24, 2.45) is 0 Å². The fourth-order valence-corrected chi connectivity index (χ4v) is 2.92. The van der Waals surface area contributed by atoms with Crippen LogP contribution in [0.1, 0.15) is 17.3 Å². The van der Waals surface area contributed by atoms with E-state index in [2.05, 4.69) is 5.32 Å². The topological polar surface area (TPSA) is 55.4 Å². The fourth-order valence-electron chi connectivity index (χ4n) is 1.99. The molecule has 0 aliphatic heterocycles. The average Bonchev–Trinajstić information content (AvgIpc) is 2.99. The average molecular weight is 369 g/mol. The van der Waals surface area contributed by atoms with Crippen molar-refractivity contribution >= 4 is 28.1 Å². The highest BCUT2D eigenvalue weighted by Gasteiger charge is 2.36. The van der Waals surface area contributed by atoms with Gasteiger partial charge in [-0.05, 0) is 12.5 Å². The number of esters is 1. The second-order valence-corrected chi connectivity index (χ2v) is 5.66. The number of anilines is 1. The Hall–Kier alpha value is -2.61. The molecule has 0 unspecified atom stereocenters. The summed E-state index contributed by atoms with van der Waals surface area (Å²) < 4.78 is 41.7. The lowest BCUT2D eigenvalue weighted by atomic mass is 10.0. The molecule has 0 amide bonds. The van der Waals surface area contributed by atoms with E-state index in [1.807, 2.05) is 6.07 Å². The highest BCUT2D eigenvalue weighted by atomic mass is 32.1. The number of alkyl halides is 3. The minimum Gasteiger partial charge on any atom is -0.462 e. The molecule has 4 nitrogen and oxygen atoms in total. The number of allylic oxidation sites excluding steroid dienone is 1. The number of halogens is 3. The Bertz CT molecular complexity index is 782. The number of thiophene rings is 1. The standard InChI is InChI=1S/C17H14F3NO3S/c1-2-24-16(23)14-12(11-6-4-3-5-7-11)10-25-15(14)21-9-8-13(22)17(18,19)20/h3-10,21H,2H2,1H3/b9-8+. The normalized spacial score (nSPS) is 11.5. The van der Waals surface area contributed by atoms with Gasteiger partial charge in [-0.15, -0.1) is 11.3 Å². The van der Waals surface area contributed by atoms with E-state index < -0.39 is 17.9 Å². The molecule has 132 valence electrons. The molecule has 2 rings (SSSR count). The van der Waals surface area contributed by atoms with Crippen LogP contribution in [0, 0.1) is 0 Å². The van der Waals surface area contributed by atoms with Crippen LogP contribution in [0.5, 0.6) is 0 Å². The van der Waals surface area contributed by atoms with Crippen LogP contribution in [0.25, 0.3) is 11.1 Å². The summed E-state index contributed by atoms with van der Waals surface area (Å²) in [6.07, 6.45) is -3.71. The molecule has 0 aliphatic carbocycles. The van der Waals surface area contributed by atoms with Crippen LogP contribution in [-0.2, 0) is 9.53 Å². The van der Waals surface area contributed by atoms with Gasteiger partial charge in [0.2, 0.25) is 0 Å². The van der Waals surface area contributed by atoms with Gasteiger partial charge >= 0.3 is 12.1 Å². The van der Waals surface area contributed by atoms with Crippen LogP contribution in [0.3, 0.4) is 0 Å². The predicted octanol–water partition coefficient (Wildman–Crippen LogP) is 4.65. The number of nitrogens with one attached hydrogen (secondary N) is 1. The van der Waals surface area contributed by atoms with Gasteiger partial charge in [-0.1, -0.05) is 30.3 Å². The molecule has 25 heavy (non-hydrogen) atoms. The van der Waals surface area contributed by atoms with Gasteiger partial charge in [0.15, 0.2) is 0 Å². The molecule has 8 heteroatoms. The number of ketones is 1. The van der Waals surface area contributed by atoms with Gasteiger partial charge in [0.25, 0.3) is 5.78 Å². The van der Waals surface area contributed by atoms with Gasteiger partial charge in [-0.3, -0.25) is 4.79 Å². The molecule has 1 N–H and O–H groups in total. The van der Waals surface area contributed by atoms with Crippen LogP contribution in [0.15, 0.2) is 48.0 Å². The van der Waals surface area contributed by atoms with Crippen molar-refractivity contribution in [3.63, 3.8) is 0 Å². The molecule has 1 heterocycles. The lowest BCUT2D eigenvalue weighted by Crippen LogP contribution is -2.20. The van der Waals surface area contributed by atoms with Crippen molar-refractivity contribution in [2.75, 3.05) is 11.9 Å². The zero-order valence-electron chi connectivity index (χ0n) is 13.1. The number of hydrogen-bond acceptors (Lipinski definition) is 5. The number of benzene rings is 1. The number of ether oxygens (including phenoxy) is 1. The number of carbonyl (C=O) groups is 2.